The molecule has 0 bridgehead atoms. The largest absolute Gasteiger partial charge is 0.389 e. The Kier molecular flexibility index (Phi) is 3.34. The Hall–Kier alpha value is -0.410. The molecule has 0 heterocycles. The van der Waals surface area contributed by atoms with Crippen LogP contribution < -0.4 is 0 Å². The van der Waals surface area contributed by atoms with Crippen LogP contribution in [0.25, 0.3) is 0 Å². The van der Waals surface area contributed by atoms with Crippen LogP contribution in [0, 0.1) is 11.2 Å². The number of rotatable bonds is 2. The Bertz CT molecular complexity index is 410. The van der Waals surface area contributed by atoms with E-state index in [1.807, 2.05) is 6.07 Å². The Balaban J connectivity index is 2.26. The van der Waals surface area contributed by atoms with E-state index in [4.69, 9.17) is 0 Å². The SMILES string of the molecule is CC1(C)CCCC1(O)Cc1cc(F)cc(Br)c1. The van der Waals surface area contributed by atoms with Crippen molar-refractivity contribution in [3.8, 4) is 0 Å². The summed E-state index contributed by atoms with van der Waals surface area (Å²) in [4.78, 5) is 0. The molecule has 94 valence electrons. The fraction of sp³-hybridized carbons (Fsp3) is 0.571. The zero-order chi connectivity index (χ0) is 12.7. The summed E-state index contributed by atoms with van der Waals surface area (Å²) in [5.74, 6) is -0.256. The van der Waals surface area contributed by atoms with Gasteiger partial charge in [-0.15, -0.1) is 0 Å². The van der Waals surface area contributed by atoms with E-state index in [0.29, 0.717) is 6.42 Å². The second-order valence-corrected chi connectivity index (χ2v) is 6.64. The summed E-state index contributed by atoms with van der Waals surface area (Å²) < 4.78 is 14.0. The first kappa shape index (κ1) is 13.0. The lowest BCUT2D eigenvalue weighted by Crippen LogP contribution is -2.41. The van der Waals surface area contributed by atoms with Crippen molar-refractivity contribution in [3.63, 3.8) is 0 Å². The predicted molar refractivity (Wildman–Crippen MR) is 70.4 cm³/mol. The summed E-state index contributed by atoms with van der Waals surface area (Å²) in [5.41, 5.74) is 0.0563. The van der Waals surface area contributed by atoms with E-state index in [2.05, 4.69) is 29.8 Å². The van der Waals surface area contributed by atoms with Crippen molar-refractivity contribution in [2.24, 2.45) is 5.41 Å². The van der Waals surface area contributed by atoms with E-state index >= 15 is 0 Å². The first-order valence-electron chi connectivity index (χ1n) is 6.00. The third-order valence-corrected chi connectivity index (χ3v) is 4.53. The van der Waals surface area contributed by atoms with Gasteiger partial charge in [0.1, 0.15) is 5.82 Å². The molecule has 0 amide bonds. The molecule has 1 fully saturated rings. The van der Waals surface area contributed by atoms with Gasteiger partial charge in [-0.25, -0.2) is 4.39 Å². The highest BCUT2D eigenvalue weighted by molar-refractivity contribution is 9.10. The molecule has 0 aliphatic heterocycles. The van der Waals surface area contributed by atoms with Crippen molar-refractivity contribution >= 4 is 15.9 Å². The first-order valence-corrected chi connectivity index (χ1v) is 6.79. The highest BCUT2D eigenvalue weighted by Crippen LogP contribution is 2.47. The second-order valence-electron chi connectivity index (χ2n) is 5.72. The van der Waals surface area contributed by atoms with Gasteiger partial charge in [-0.05, 0) is 48.4 Å². The first-order chi connectivity index (χ1) is 7.82. The summed E-state index contributed by atoms with van der Waals surface area (Å²) in [5, 5.41) is 10.7. The van der Waals surface area contributed by atoms with Crippen LogP contribution in [0.3, 0.4) is 0 Å². The minimum Gasteiger partial charge on any atom is -0.389 e. The molecule has 1 N–H and O–H groups in total. The molecule has 1 aromatic rings. The maximum absolute atomic E-state index is 13.3. The van der Waals surface area contributed by atoms with Crippen molar-refractivity contribution in [2.75, 3.05) is 0 Å². The number of benzene rings is 1. The summed E-state index contributed by atoms with van der Waals surface area (Å²) >= 11 is 3.29. The van der Waals surface area contributed by atoms with Gasteiger partial charge in [0.05, 0.1) is 5.60 Å². The molecule has 2 rings (SSSR count). The maximum atomic E-state index is 13.3. The van der Waals surface area contributed by atoms with Crippen LogP contribution in [-0.2, 0) is 6.42 Å². The van der Waals surface area contributed by atoms with Gasteiger partial charge in [0.2, 0.25) is 0 Å². The molecule has 0 aromatic heterocycles. The monoisotopic (exact) mass is 300 g/mol. The quantitative estimate of drug-likeness (QED) is 0.873. The van der Waals surface area contributed by atoms with Crippen LogP contribution in [-0.4, -0.2) is 10.7 Å². The van der Waals surface area contributed by atoms with Gasteiger partial charge in [-0.2, -0.15) is 0 Å². The Morgan fingerprint density at radius 3 is 2.53 bits per heavy atom. The molecule has 0 spiro atoms. The van der Waals surface area contributed by atoms with E-state index in [0.717, 1.165) is 29.3 Å². The van der Waals surface area contributed by atoms with Gasteiger partial charge < -0.3 is 5.11 Å². The summed E-state index contributed by atoms with van der Waals surface area (Å²) in [7, 11) is 0. The molecule has 1 aliphatic rings. The van der Waals surface area contributed by atoms with Crippen molar-refractivity contribution in [2.45, 2.75) is 45.1 Å². The fourth-order valence-electron chi connectivity index (χ4n) is 2.77. The van der Waals surface area contributed by atoms with E-state index in [-0.39, 0.29) is 11.2 Å². The molecule has 3 heteroatoms. The highest BCUT2D eigenvalue weighted by Gasteiger charge is 2.47. The topological polar surface area (TPSA) is 20.2 Å². The van der Waals surface area contributed by atoms with Crippen molar-refractivity contribution in [3.05, 3.63) is 34.1 Å². The van der Waals surface area contributed by atoms with E-state index in [9.17, 15) is 9.50 Å². The highest BCUT2D eigenvalue weighted by atomic mass is 79.9. The van der Waals surface area contributed by atoms with Crippen LogP contribution in [0.15, 0.2) is 22.7 Å². The molecule has 0 saturated heterocycles. The smallest absolute Gasteiger partial charge is 0.124 e. The van der Waals surface area contributed by atoms with Gasteiger partial charge in [-0.3, -0.25) is 0 Å². The van der Waals surface area contributed by atoms with E-state index in [1.165, 1.54) is 12.1 Å². The lowest BCUT2D eigenvalue weighted by molar-refractivity contribution is -0.0419. The minimum atomic E-state index is -0.708. The van der Waals surface area contributed by atoms with Gasteiger partial charge in [0, 0.05) is 10.9 Å². The average Bonchev–Trinajstić information content (AvgIpc) is 2.38. The normalized spacial score (nSPS) is 27.4. The number of aliphatic hydroxyl groups is 1. The molecule has 1 unspecified atom stereocenters. The lowest BCUT2D eigenvalue weighted by atomic mass is 9.74. The molecule has 1 aliphatic carbocycles. The van der Waals surface area contributed by atoms with Crippen molar-refractivity contribution in [1.82, 2.24) is 0 Å². The standard InChI is InChI=1S/C14H18BrFO/c1-13(2)4-3-5-14(13,17)9-10-6-11(15)8-12(16)7-10/h6-8,17H,3-5,9H2,1-2H3. The Labute approximate surface area is 110 Å². The number of halogens is 2. The van der Waals surface area contributed by atoms with Gasteiger partial charge >= 0.3 is 0 Å². The molecule has 1 atom stereocenters. The molecule has 1 nitrogen and oxygen atoms in total. The molecular weight excluding hydrogens is 283 g/mol. The zero-order valence-corrected chi connectivity index (χ0v) is 11.8. The zero-order valence-electron chi connectivity index (χ0n) is 10.3. The fourth-order valence-corrected chi connectivity index (χ4v) is 3.28. The third kappa shape index (κ3) is 2.55. The molecule has 1 saturated carbocycles. The summed E-state index contributed by atoms with van der Waals surface area (Å²) in [6.07, 6.45) is 3.39. The number of hydrogen-bond acceptors (Lipinski definition) is 1. The lowest BCUT2D eigenvalue weighted by Gasteiger charge is -2.37. The van der Waals surface area contributed by atoms with Crippen LogP contribution in [0.4, 0.5) is 4.39 Å². The van der Waals surface area contributed by atoms with Crippen LogP contribution >= 0.6 is 15.9 Å². The second kappa shape index (κ2) is 4.36. The minimum absolute atomic E-state index is 0.0915. The van der Waals surface area contributed by atoms with Crippen molar-refractivity contribution in [1.29, 1.82) is 0 Å². The molecular formula is C14H18BrFO. The Morgan fingerprint density at radius 1 is 1.29 bits per heavy atom. The van der Waals surface area contributed by atoms with Gasteiger partial charge in [-0.1, -0.05) is 29.8 Å². The molecule has 17 heavy (non-hydrogen) atoms. The average molecular weight is 301 g/mol. The van der Waals surface area contributed by atoms with Gasteiger partial charge in [0.25, 0.3) is 0 Å². The summed E-state index contributed by atoms with van der Waals surface area (Å²) in [6, 6.07) is 4.83. The van der Waals surface area contributed by atoms with Crippen LogP contribution in [0.1, 0.15) is 38.7 Å². The van der Waals surface area contributed by atoms with E-state index < -0.39 is 5.60 Å². The van der Waals surface area contributed by atoms with E-state index in [1.54, 1.807) is 0 Å². The molecule has 0 radical (unpaired) electrons. The number of hydrogen-bond donors (Lipinski definition) is 1. The summed E-state index contributed by atoms with van der Waals surface area (Å²) in [6.45, 7) is 4.18. The van der Waals surface area contributed by atoms with Crippen molar-refractivity contribution < 1.29 is 9.50 Å². The van der Waals surface area contributed by atoms with Gasteiger partial charge in [0.15, 0.2) is 0 Å². The third-order valence-electron chi connectivity index (χ3n) is 4.07. The predicted octanol–water partition coefficient (Wildman–Crippen LogP) is 4.07. The maximum Gasteiger partial charge on any atom is 0.124 e. The Morgan fingerprint density at radius 2 is 2.00 bits per heavy atom. The molecule has 1 aromatic carbocycles. The van der Waals surface area contributed by atoms with Crippen LogP contribution in [0.5, 0.6) is 0 Å². The van der Waals surface area contributed by atoms with Crippen LogP contribution in [0.2, 0.25) is 0 Å².